The number of nitrogens with two attached hydrogens (primary N) is 1. The van der Waals surface area contributed by atoms with E-state index in [2.05, 4.69) is 19.4 Å². The molecular formula is C15H21N5OS. The van der Waals surface area contributed by atoms with Gasteiger partial charge in [-0.2, -0.15) is 11.8 Å². The van der Waals surface area contributed by atoms with E-state index >= 15 is 0 Å². The Morgan fingerprint density at radius 1 is 1.41 bits per heavy atom. The van der Waals surface area contributed by atoms with E-state index in [1.165, 1.54) is 0 Å². The second-order valence-corrected chi connectivity index (χ2v) is 6.44. The number of nitrogens with zero attached hydrogens (tertiary/aromatic N) is 4. The van der Waals surface area contributed by atoms with Gasteiger partial charge in [-0.25, -0.2) is 9.98 Å². The minimum Gasteiger partial charge on any atom is -0.497 e. The van der Waals surface area contributed by atoms with Crippen molar-refractivity contribution in [3.05, 3.63) is 24.0 Å². The first-order chi connectivity index (χ1) is 10.7. The summed E-state index contributed by atoms with van der Waals surface area (Å²) in [7, 11) is 3.66. The Kier molecular flexibility index (Phi) is 4.42. The molecular weight excluding hydrogens is 298 g/mol. The van der Waals surface area contributed by atoms with Crippen LogP contribution in [-0.4, -0.2) is 52.1 Å². The van der Waals surface area contributed by atoms with Crippen LogP contribution in [-0.2, 0) is 13.6 Å². The van der Waals surface area contributed by atoms with Gasteiger partial charge in [-0.1, -0.05) is 0 Å². The molecule has 0 bridgehead atoms. The second kappa shape index (κ2) is 6.48. The molecule has 0 atom stereocenters. The maximum absolute atomic E-state index is 6.10. The van der Waals surface area contributed by atoms with E-state index in [1.54, 1.807) is 7.11 Å². The second-order valence-electron chi connectivity index (χ2n) is 5.22. The van der Waals surface area contributed by atoms with Gasteiger partial charge in [0.2, 0.25) is 0 Å². The average molecular weight is 319 g/mol. The van der Waals surface area contributed by atoms with Crippen LogP contribution >= 0.6 is 11.8 Å². The van der Waals surface area contributed by atoms with Gasteiger partial charge < -0.3 is 19.9 Å². The van der Waals surface area contributed by atoms with Crippen LogP contribution in [0.3, 0.4) is 0 Å². The summed E-state index contributed by atoms with van der Waals surface area (Å²) in [5, 5.41) is 0. The van der Waals surface area contributed by atoms with Crippen LogP contribution in [0.5, 0.6) is 5.75 Å². The molecule has 7 heteroatoms. The Balaban J connectivity index is 1.79. The lowest BCUT2D eigenvalue weighted by Crippen LogP contribution is -2.42. The zero-order valence-corrected chi connectivity index (χ0v) is 13.8. The fourth-order valence-electron chi connectivity index (χ4n) is 2.54. The topological polar surface area (TPSA) is 68.7 Å². The van der Waals surface area contributed by atoms with Gasteiger partial charge in [0.15, 0.2) is 5.96 Å². The highest BCUT2D eigenvalue weighted by atomic mass is 32.2. The average Bonchev–Trinajstić information content (AvgIpc) is 2.89. The molecule has 1 aromatic heterocycles. The van der Waals surface area contributed by atoms with Gasteiger partial charge in [0.05, 0.1) is 18.1 Å². The molecule has 0 saturated carbocycles. The number of aryl methyl sites for hydroxylation is 1. The van der Waals surface area contributed by atoms with Crippen LogP contribution in [0.4, 0.5) is 0 Å². The Morgan fingerprint density at radius 3 is 2.91 bits per heavy atom. The molecule has 0 amide bonds. The number of guanidine groups is 1. The van der Waals surface area contributed by atoms with Gasteiger partial charge in [0.1, 0.15) is 18.1 Å². The van der Waals surface area contributed by atoms with Crippen LogP contribution in [0.2, 0.25) is 0 Å². The molecule has 6 nitrogen and oxygen atoms in total. The zero-order valence-electron chi connectivity index (χ0n) is 13.0. The number of fused-ring (bicyclic) bond motifs is 1. The predicted octanol–water partition coefficient (Wildman–Crippen LogP) is 1.45. The molecule has 0 unspecified atom stereocenters. The number of benzene rings is 1. The highest BCUT2D eigenvalue weighted by Crippen LogP contribution is 2.21. The van der Waals surface area contributed by atoms with Gasteiger partial charge in [0.25, 0.3) is 0 Å². The first-order valence-corrected chi connectivity index (χ1v) is 8.46. The standard InChI is InChI=1S/C15H21N5OS/c1-19-13-4-3-11(21-2)9-12(13)18-14(19)10-17-15(16)20-5-7-22-8-6-20/h3-4,9H,5-8,10H2,1-2H3,(H2,16,17). The summed E-state index contributed by atoms with van der Waals surface area (Å²) >= 11 is 1.96. The summed E-state index contributed by atoms with van der Waals surface area (Å²) in [5.41, 5.74) is 8.08. The highest BCUT2D eigenvalue weighted by Gasteiger charge is 2.13. The molecule has 118 valence electrons. The summed E-state index contributed by atoms with van der Waals surface area (Å²) < 4.78 is 7.30. The van der Waals surface area contributed by atoms with E-state index in [0.717, 1.165) is 47.2 Å². The van der Waals surface area contributed by atoms with Gasteiger partial charge in [0, 0.05) is 37.7 Å². The Labute approximate surface area is 134 Å². The summed E-state index contributed by atoms with van der Waals surface area (Å²) in [6.45, 7) is 2.43. The fourth-order valence-corrected chi connectivity index (χ4v) is 3.45. The van der Waals surface area contributed by atoms with Crippen molar-refractivity contribution < 1.29 is 4.74 Å². The molecule has 1 aliphatic heterocycles. The van der Waals surface area contributed by atoms with E-state index in [1.807, 2.05) is 37.0 Å². The summed E-state index contributed by atoms with van der Waals surface area (Å²) in [5.74, 6) is 4.55. The van der Waals surface area contributed by atoms with Gasteiger partial charge >= 0.3 is 0 Å². The molecule has 2 N–H and O–H groups in total. The van der Waals surface area contributed by atoms with Crippen molar-refractivity contribution in [3.63, 3.8) is 0 Å². The molecule has 3 rings (SSSR count). The number of methoxy groups -OCH3 is 1. The van der Waals surface area contributed by atoms with E-state index in [0.29, 0.717) is 12.5 Å². The maximum atomic E-state index is 6.10. The van der Waals surface area contributed by atoms with Gasteiger partial charge in [-0.05, 0) is 12.1 Å². The number of imidazole rings is 1. The zero-order chi connectivity index (χ0) is 15.5. The van der Waals surface area contributed by atoms with Crippen molar-refractivity contribution in [3.8, 4) is 5.75 Å². The SMILES string of the molecule is COc1ccc2c(c1)nc(CN=C(N)N1CCSCC1)n2C. The number of aromatic nitrogens is 2. The van der Waals surface area contributed by atoms with E-state index in [9.17, 15) is 0 Å². The molecule has 1 saturated heterocycles. The number of hydrogen-bond acceptors (Lipinski definition) is 4. The third kappa shape index (κ3) is 2.99. The molecule has 1 aliphatic rings. The first kappa shape index (κ1) is 15.0. The first-order valence-electron chi connectivity index (χ1n) is 7.31. The number of rotatable bonds is 3. The largest absolute Gasteiger partial charge is 0.497 e. The van der Waals surface area contributed by atoms with Crippen molar-refractivity contribution in [2.24, 2.45) is 17.8 Å². The van der Waals surface area contributed by atoms with Gasteiger partial charge in [-0.3, -0.25) is 0 Å². The van der Waals surface area contributed by atoms with Crippen molar-refractivity contribution in [1.82, 2.24) is 14.5 Å². The Bertz CT molecular complexity index is 691. The normalized spacial score (nSPS) is 16.3. The van der Waals surface area contributed by atoms with Crippen LogP contribution in [0.15, 0.2) is 23.2 Å². The lowest BCUT2D eigenvalue weighted by Gasteiger charge is -2.27. The maximum Gasteiger partial charge on any atom is 0.191 e. The number of hydrogen-bond donors (Lipinski definition) is 1. The summed E-state index contributed by atoms with van der Waals surface area (Å²) in [4.78, 5) is 11.3. The summed E-state index contributed by atoms with van der Waals surface area (Å²) in [6.07, 6.45) is 0. The number of ether oxygens (including phenoxy) is 1. The molecule has 0 spiro atoms. The van der Waals surface area contributed by atoms with Crippen molar-refractivity contribution in [2.75, 3.05) is 31.7 Å². The molecule has 1 aromatic carbocycles. The lowest BCUT2D eigenvalue weighted by molar-refractivity contribution is 0.415. The molecule has 0 radical (unpaired) electrons. The van der Waals surface area contributed by atoms with Crippen LogP contribution in [0.1, 0.15) is 5.82 Å². The molecule has 0 aliphatic carbocycles. The molecule has 2 heterocycles. The van der Waals surface area contributed by atoms with Crippen LogP contribution in [0.25, 0.3) is 11.0 Å². The van der Waals surface area contributed by atoms with Crippen molar-refractivity contribution >= 4 is 28.8 Å². The number of thioether (sulfide) groups is 1. The summed E-state index contributed by atoms with van der Waals surface area (Å²) in [6, 6.07) is 5.89. The fraction of sp³-hybridized carbons (Fsp3) is 0.467. The quantitative estimate of drug-likeness (QED) is 0.685. The van der Waals surface area contributed by atoms with Crippen LogP contribution in [0, 0.1) is 0 Å². The van der Waals surface area contributed by atoms with E-state index in [4.69, 9.17) is 10.5 Å². The smallest absolute Gasteiger partial charge is 0.191 e. The Hall–Kier alpha value is -1.89. The van der Waals surface area contributed by atoms with Crippen molar-refractivity contribution in [2.45, 2.75) is 6.54 Å². The third-order valence-corrected chi connectivity index (χ3v) is 4.84. The van der Waals surface area contributed by atoms with Gasteiger partial charge in [-0.15, -0.1) is 0 Å². The van der Waals surface area contributed by atoms with Crippen LogP contribution < -0.4 is 10.5 Å². The minimum absolute atomic E-state index is 0.489. The minimum atomic E-state index is 0.489. The number of aliphatic imine (C=N–C) groups is 1. The van der Waals surface area contributed by atoms with E-state index in [-0.39, 0.29) is 0 Å². The molecule has 2 aromatic rings. The molecule has 1 fully saturated rings. The monoisotopic (exact) mass is 319 g/mol. The molecule has 22 heavy (non-hydrogen) atoms. The highest BCUT2D eigenvalue weighted by molar-refractivity contribution is 7.99. The third-order valence-electron chi connectivity index (χ3n) is 3.90. The Morgan fingerprint density at radius 2 is 2.18 bits per heavy atom. The van der Waals surface area contributed by atoms with E-state index < -0.39 is 0 Å². The predicted molar refractivity (Wildman–Crippen MR) is 91.5 cm³/mol. The van der Waals surface area contributed by atoms with Crippen molar-refractivity contribution in [1.29, 1.82) is 0 Å². The lowest BCUT2D eigenvalue weighted by atomic mass is 10.3.